The molecule has 0 radical (unpaired) electrons. The molecule has 4 aliphatic carbocycles. The number of aryl methyl sites for hydroxylation is 1. The summed E-state index contributed by atoms with van der Waals surface area (Å²) in [5, 5.41) is 0. The molecule has 2 aromatic rings. The molecule has 0 aromatic carbocycles. The first-order chi connectivity index (χ1) is 13.3. The summed E-state index contributed by atoms with van der Waals surface area (Å²) in [5.41, 5.74) is 2.02. The van der Waals surface area contributed by atoms with Crippen LogP contribution in [0, 0.1) is 24.2 Å². The van der Waals surface area contributed by atoms with Gasteiger partial charge in [-0.05, 0) is 74.3 Å². The highest BCUT2D eigenvalue weighted by Crippen LogP contribution is 2.65. The van der Waals surface area contributed by atoms with E-state index in [1.807, 2.05) is 19.1 Å². The van der Waals surface area contributed by atoms with Crippen LogP contribution < -0.4 is 5.56 Å². The first-order valence-corrected chi connectivity index (χ1v) is 10.9. The minimum absolute atomic E-state index is 0.0564. The van der Waals surface area contributed by atoms with Crippen LogP contribution >= 0.6 is 15.9 Å². The van der Waals surface area contributed by atoms with Gasteiger partial charge >= 0.3 is 5.97 Å². The Hall–Kier alpha value is -1.69. The Kier molecular flexibility index (Phi) is 4.20. The highest BCUT2D eigenvalue weighted by atomic mass is 79.9. The van der Waals surface area contributed by atoms with E-state index in [1.54, 1.807) is 6.20 Å². The monoisotopic (exact) mass is 444 g/mol. The molecule has 2 heterocycles. The van der Waals surface area contributed by atoms with Gasteiger partial charge in [-0.25, -0.2) is 4.98 Å². The number of halogens is 1. The predicted molar refractivity (Wildman–Crippen MR) is 109 cm³/mol. The summed E-state index contributed by atoms with van der Waals surface area (Å²) >= 11 is 4.00. The smallest absolute Gasteiger partial charge is 0.306 e. The first-order valence-electron chi connectivity index (χ1n) is 10.2. The van der Waals surface area contributed by atoms with Crippen LogP contribution in [0.15, 0.2) is 29.2 Å². The Bertz CT molecular complexity index is 1000. The highest BCUT2D eigenvalue weighted by Gasteiger charge is 2.57. The Balaban J connectivity index is 1.28. The molecule has 4 bridgehead atoms. The number of fused-ring (bicyclic) bond motifs is 1. The minimum Gasteiger partial charge on any atom is -0.459 e. The summed E-state index contributed by atoms with van der Waals surface area (Å²) in [5.74, 6) is 1.34. The second-order valence-corrected chi connectivity index (χ2v) is 11.2. The van der Waals surface area contributed by atoms with Crippen molar-refractivity contribution in [2.75, 3.05) is 0 Å². The van der Waals surface area contributed by atoms with E-state index in [1.165, 1.54) is 29.7 Å². The quantitative estimate of drug-likeness (QED) is 0.524. The summed E-state index contributed by atoms with van der Waals surface area (Å²) in [7, 11) is 0. The lowest BCUT2D eigenvalue weighted by Crippen LogP contribution is -2.53. The molecule has 2 atom stereocenters. The van der Waals surface area contributed by atoms with Crippen molar-refractivity contribution in [3.8, 4) is 0 Å². The maximum absolute atomic E-state index is 12.6. The van der Waals surface area contributed by atoms with Gasteiger partial charge in [-0.2, -0.15) is 0 Å². The lowest BCUT2D eigenvalue weighted by atomic mass is 9.49. The fraction of sp³-hybridized carbons (Fsp3) is 0.591. The molecule has 6 rings (SSSR count). The number of pyridine rings is 1. The molecule has 4 aliphatic rings. The normalized spacial score (nSPS) is 33.4. The number of alkyl halides is 1. The van der Waals surface area contributed by atoms with Crippen LogP contribution in [0.2, 0.25) is 0 Å². The molecule has 0 saturated heterocycles. The van der Waals surface area contributed by atoms with Crippen molar-refractivity contribution in [2.24, 2.45) is 17.3 Å². The van der Waals surface area contributed by atoms with E-state index < -0.39 is 0 Å². The summed E-state index contributed by atoms with van der Waals surface area (Å²) < 4.78 is 7.32. The van der Waals surface area contributed by atoms with Crippen LogP contribution in [0.3, 0.4) is 0 Å². The summed E-state index contributed by atoms with van der Waals surface area (Å²) in [4.78, 5) is 29.4. The van der Waals surface area contributed by atoms with Crippen molar-refractivity contribution in [3.63, 3.8) is 0 Å². The summed E-state index contributed by atoms with van der Waals surface area (Å²) in [6.45, 7) is 1.99. The Morgan fingerprint density at radius 2 is 2.04 bits per heavy atom. The van der Waals surface area contributed by atoms with Gasteiger partial charge in [0.25, 0.3) is 5.56 Å². The third kappa shape index (κ3) is 3.30. The number of hydrogen-bond acceptors (Lipinski definition) is 4. The number of nitrogens with zero attached hydrogens (tertiary/aromatic N) is 2. The number of hydrogen-bond donors (Lipinski definition) is 0. The predicted octanol–water partition coefficient (Wildman–Crippen LogP) is 4.17. The molecule has 0 aliphatic heterocycles. The van der Waals surface area contributed by atoms with E-state index in [0.29, 0.717) is 17.8 Å². The second kappa shape index (κ2) is 6.41. The van der Waals surface area contributed by atoms with E-state index in [0.717, 1.165) is 36.7 Å². The molecule has 4 fully saturated rings. The van der Waals surface area contributed by atoms with Gasteiger partial charge in [0.2, 0.25) is 0 Å². The van der Waals surface area contributed by atoms with Gasteiger partial charge in [-0.1, -0.05) is 22.0 Å². The van der Waals surface area contributed by atoms with Crippen LogP contribution in [0.5, 0.6) is 0 Å². The average molecular weight is 445 g/mol. The molecule has 4 saturated carbocycles. The molecular weight excluding hydrogens is 420 g/mol. The SMILES string of the molecule is Cc1ccc2nc(COC(=O)CC34C[C@H]5C[C@@H](CC(Br)(C5)C3)C4)cc(=O)n2c1. The molecule has 5 nitrogen and oxygen atoms in total. The van der Waals surface area contributed by atoms with Crippen LogP contribution in [0.25, 0.3) is 5.65 Å². The van der Waals surface area contributed by atoms with E-state index >= 15 is 0 Å². The van der Waals surface area contributed by atoms with Gasteiger partial charge in [0.05, 0.1) is 12.1 Å². The lowest BCUT2D eigenvalue weighted by Gasteiger charge is -2.60. The van der Waals surface area contributed by atoms with Crippen molar-refractivity contribution in [1.29, 1.82) is 0 Å². The van der Waals surface area contributed by atoms with Gasteiger partial charge in [0.1, 0.15) is 12.3 Å². The molecular formula is C22H25BrN2O3. The standard InChI is InChI=1S/C22H25BrN2O3/c1-14-2-3-18-24-17(5-19(26)25(18)11-14)12-28-20(27)10-21-6-15-4-16(7-21)9-22(23,8-15)13-21/h2-3,5,11,15-16H,4,6-10,12-13H2,1H3/t15-,16-,21?,22?/m1/s1. The van der Waals surface area contributed by atoms with Gasteiger partial charge < -0.3 is 4.74 Å². The molecule has 148 valence electrons. The summed E-state index contributed by atoms with van der Waals surface area (Å²) in [6.07, 6.45) is 9.48. The third-order valence-electron chi connectivity index (χ3n) is 6.87. The number of carbonyl (C=O) groups is 1. The molecule has 0 unspecified atom stereocenters. The van der Waals surface area contributed by atoms with Crippen LogP contribution in [-0.2, 0) is 16.1 Å². The van der Waals surface area contributed by atoms with E-state index in [4.69, 9.17) is 4.74 Å². The maximum atomic E-state index is 12.6. The molecule has 28 heavy (non-hydrogen) atoms. The largest absolute Gasteiger partial charge is 0.459 e. The van der Waals surface area contributed by atoms with Crippen molar-refractivity contribution in [3.05, 3.63) is 46.0 Å². The van der Waals surface area contributed by atoms with Gasteiger partial charge in [-0.3, -0.25) is 14.0 Å². The molecule has 0 amide bonds. The van der Waals surface area contributed by atoms with Gasteiger partial charge in [0, 0.05) is 16.6 Å². The minimum atomic E-state index is -0.163. The summed E-state index contributed by atoms with van der Waals surface area (Å²) in [6, 6.07) is 5.19. The highest BCUT2D eigenvalue weighted by molar-refractivity contribution is 9.10. The second-order valence-electron chi connectivity index (χ2n) is 9.47. The Morgan fingerprint density at radius 3 is 2.75 bits per heavy atom. The van der Waals surface area contributed by atoms with Crippen molar-refractivity contribution < 1.29 is 9.53 Å². The lowest BCUT2D eigenvalue weighted by molar-refractivity contribution is -0.152. The maximum Gasteiger partial charge on any atom is 0.306 e. The van der Waals surface area contributed by atoms with E-state index in [9.17, 15) is 9.59 Å². The fourth-order valence-electron chi connectivity index (χ4n) is 6.39. The zero-order chi connectivity index (χ0) is 19.5. The van der Waals surface area contributed by atoms with Gasteiger partial charge in [0.15, 0.2) is 0 Å². The zero-order valence-corrected chi connectivity index (χ0v) is 17.7. The molecule has 6 heteroatoms. The van der Waals surface area contributed by atoms with Gasteiger partial charge in [-0.15, -0.1) is 0 Å². The van der Waals surface area contributed by atoms with E-state index in [-0.39, 0.29) is 27.9 Å². The van der Waals surface area contributed by atoms with E-state index in [2.05, 4.69) is 20.9 Å². The third-order valence-corrected chi connectivity index (χ3v) is 7.80. The Labute approximate surface area is 172 Å². The van der Waals surface area contributed by atoms with Crippen LogP contribution in [-0.4, -0.2) is 19.7 Å². The van der Waals surface area contributed by atoms with Crippen LogP contribution in [0.1, 0.15) is 56.2 Å². The van der Waals surface area contributed by atoms with Crippen molar-refractivity contribution in [2.45, 2.75) is 62.8 Å². The topological polar surface area (TPSA) is 60.7 Å². The average Bonchev–Trinajstić information content (AvgIpc) is 2.58. The first kappa shape index (κ1) is 18.3. The van der Waals surface area contributed by atoms with Crippen molar-refractivity contribution >= 4 is 27.5 Å². The zero-order valence-electron chi connectivity index (χ0n) is 16.1. The van der Waals surface area contributed by atoms with Crippen LogP contribution in [0.4, 0.5) is 0 Å². The Morgan fingerprint density at radius 1 is 1.29 bits per heavy atom. The molecule has 2 aromatic heterocycles. The fourth-order valence-corrected chi connectivity index (χ4v) is 7.90. The molecule has 0 spiro atoms. The number of esters is 1. The number of aromatic nitrogens is 2. The molecule has 0 N–H and O–H groups in total. The van der Waals surface area contributed by atoms with Crippen molar-refractivity contribution in [1.82, 2.24) is 9.38 Å². The number of ether oxygens (including phenoxy) is 1. The number of rotatable bonds is 4. The number of carbonyl (C=O) groups excluding carboxylic acids is 1.